The van der Waals surface area contributed by atoms with Crippen molar-refractivity contribution in [3.8, 4) is 5.75 Å². The van der Waals surface area contributed by atoms with E-state index in [0.29, 0.717) is 18.6 Å². The summed E-state index contributed by atoms with van der Waals surface area (Å²) in [5.41, 5.74) is 1.23. The van der Waals surface area contributed by atoms with Gasteiger partial charge in [-0.15, -0.1) is 11.3 Å². The maximum Gasteiger partial charge on any atom is 0.190 e. The number of benzene rings is 1. The van der Waals surface area contributed by atoms with Crippen LogP contribution in [0.3, 0.4) is 0 Å². The predicted molar refractivity (Wildman–Crippen MR) is 123 cm³/mol. The van der Waals surface area contributed by atoms with E-state index >= 15 is 0 Å². The second-order valence-electron chi connectivity index (χ2n) is 7.51. The summed E-state index contributed by atoms with van der Waals surface area (Å²) in [6.07, 6.45) is 3.41. The Balaban J connectivity index is 1.51. The number of likely N-dealkylation sites (tertiary alicyclic amines) is 1. The number of hydrogen-bond donors (Lipinski definition) is 2. The first-order valence-electron chi connectivity index (χ1n) is 10.6. The molecule has 2 atom stereocenters. The molecule has 1 aromatic heterocycles. The molecule has 2 heterocycles. The zero-order valence-corrected chi connectivity index (χ0v) is 18.7. The lowest BCUT2D eigenvalue weighted by Gasteiger charge is -2.39. The van der Waals surface area contributed by atoms with Crippen LogP contribution < -0.4 is 15.4 Å². The lowest BCUT2D eigenvalue weighted by Crippen LogP contribution is -2.45. The number of para-hydroxylation sites is 1. The van der Waals surface area contributed by atoms with Gasteiger partial charge in [-0.1, -0.05) is 24.3 Å². The van der Waals surface area contributed by atoms with E-state index in [2.05, 4.69) is 57.2 Å². The molecule has 0 saturated carbocycles. The molecule has 0 spiro atoms. The zero-order chi connectivity index (χ0) is 20.5. The van der Waals surface area contributed by atoms with Crippen LogP contribution in [0.2, 0.25) is 0 Å². The second kappa shape index (κ2) is 11.2. The summed E-state index contributed by atoms with van der Waals surface area (Å²) in [7, 11) is 4.09. The number of nitrogens with zero attached hydrogens (tertiary/aromatic N) is 2. The summed E-state index contributed by atoms with van der Waals surface area (Å²) in [6, 6.07) is 13.2. The van der Waals surface area contributed by atoms with Crippen molar-refractivity contribution in [3.63, 3.8) is 0 Å². The van der Waals surface area contributed by atoms with Crippen molar-refractivity contribution >= 4 is 17.3 Å². The molecule has 6 heteroatoms. The first-order chi connectivity index (χ1) is 14.2. The normalized spacial score (nSPS) is 20.4. The molecule has 3 rings (SSSR count). The van der Waals surface area contributed by atoms with Gasteiger partial charge in [0.05, 0.1) is 6.61 Å². The number of ether oxygens (including phenoxy) is 1. The molecule has 1 saturated heterocycles. The molecule has 2 unspecified atom stereocenters. The lowest BCUT2D eigenvalue weighted by atomic mass is 9.88. The molecule has 0 amide bonds. The maximum atomic E-state index is 5.73. The summed E-state index contributed by atoms with van der Waals surface area (Å²) < 4.78 is 5.73. The van der Waals surface area contributed by atoms with Crippen LogP contribution in [0.1, 0.15) is 36.2 Å². The fourth-order valence-electron chi connectivity index (χ4n) is 4.15. The maximum absolute atomic E-state index is 5.73. The Morgan fingerprint density at radius 1 is 1.24 bits per heavy atom. The molecule has 1 aromatic carbocycles. The number of nitrogens with one attached hydrogen (secondary N) is 2. The molecule has 1 aliphatic rings. The molecule has 0 radical (unpaired) electrons. The van der Waals surface area contributed by atoms with E-state index < -0.39 is 0 Å². The topological polar surface area (TPSA) is 48.9 Å². The average molecular weight is 415 g/mol. The van der Waals surface area contributed by atoms with E-state index in [0.717, 1.165) is 31.2 Å². The van der Waals surface area contributed by atoms with E-state index in [1.165, 1.54) is 29.8 Å². The zero-order valence-electron chi connectivity index (χ0n) is 17.9. The van der Waals surface area contributed by atoms with E-state index in [9.17, 15) is 0 Å². The number of piperidine rings is 1. The van der Waals surface area contributed by atoms with Crippen molar-refractivity contribution in [1.82, 2.24) is 15.5 Å². The summed E-state index contributed by atoms with van der Waals surface area (Å²) in [6.45, 7) is 5.64. The van der Waals surface area contributed by atoms with Crippen LogP contribution in [-0.4, -0.2) is 51.2 Å². The highest BCUT2D eigenvalue weighted by molar-refractivity contribution is 7.10. The van der Waals surface area contributed by atoms with Crippen LogP contribution >= 0.6 is 11.3 Å². The summed E-state index contributed by atoms with van der Waals surface area (Å²) >= 11 is 1.87. The van der Waals surface area contributed by atoms with Crippen molar-refractivity contribution in [2.24, 2.45) is 10.9 Å². The molecule has 158 valence electrons. The van der Waals surface area contributed by atoms with Gasteiger partial charge >= 0.3 is 0 Å². The third-order valence-electron chi connectivity index (χ3n) is 5.56. The standard InChI is InChI=1S/C23H34N4OS/c1-4-28-20-11-6-5-9-18(20)13-14-25-23(24-2)26-17-19-10-7-15-27(3)22(19)21-12-8-16-29-21/h5-6,8-9,11-12,16,19,22H,4,7,10,13-15,17H2,1-3H3,(H2,24,25,26). The van der Waals surface area contributed by atoms with Gasteiger partial charge in [0.15, 0.2) is 5.96 Å². The molecule has 29 heavy (non-hydrogen) atoms. The highest BCUT2D eigenvalue weighted by Gasteiger charge is 2.31. The Morgan fingerprint density at radius 2 is 2.10 bits per heavy atom. The highest BCUT2D eigenvalue weighted by atomic mass is 32.1. The van der Waals surface area contributed by atoms with Gasteiger partial charge in [-0.3, -0.25) is 9.89 Å². The predicted octanol–water partition coefficient (Wildman–Crippen LogP) is 3.94. The number of hydrogen-bond acceptors (Lipinski definition) is 4. The summed E-state index contributed by atoms with van der Waals surface area (Å²) in [4.78, 5) is 8.39. The van der Waals surface area contributed by atoms with E-state index in [-0.39, 0.29) is 0 Å². The largest absolute Gasteiger partial charge is 0.494 e. The van der Waals surface area contributed by atoms with Gasteiger partial charge in [0.25, 0.3) is 0 Å². The summed E-state index contributed by atoms with van der Waals surface area (Å²) in [5.74, 6) is 2.44. The number of thiophene rings is 1. The van der Waals surface area contributed by atoms with Crippen molar-refractivity contribution < 1.29 is 4.74 Å². The monoisotopic (exact) mass is 414 g/mol. The minimum Gasteiger partial charge on any atom is -0.494 e. The Hall–Kier alpha value is -2.05. The Kier molecular flexibility index (Phi) is 8.38. The molecule has 5 nitrogen and oxygen atoms in total. The minimum absolute atomic E-state index is 0.493. The van der Waals surface area contributed by atoms with Crippen LogP contribution in [0.15, 0.2) is 46.8 Å². The number of aliphatic imine (C=N–C) groups is 1. The van der Waals surface area contributed by atoms with Gasteiger partial charge in [-0.2, -0.15) is 0 Å². The van der Waals surface area contributed by atoms with Crippen LogP contribution in [0.4, 0.5) is 0 Å². The summed E-state index contributed by atoms with van der Waals surface area (Å²) in [5, 5.41) is 9.21. The molecule has 1 fully saturated rings. The van der Waals surface area contributed by atoms with Gasteiger partial charge in [-0.05, 0) is 68.8 Å². The van der Waals surface area contributed by atoms with Crippen molar-refractivity contribution in [2.45, 2.75) is 32.2 Å². The van der Waals surface area contributed by atoms with Gasteiger partial charge in [0.1, 0.15) is 5.75 Å². The van der Waals surface area contributed by atoms with Gasteiger partial charge in [0.2, 0.25) is 0 Å². The second-order valence-corrected chi connectivity index (χ2v) is 8.49. The van der Waals surface area contributed by atoms with E-state index in [1.54, 1.807) is 0 Å². The van der Waals surface area contributed by atoms with Crippen molar-refractivity contribution in [1.29, 1.82) is 0 Å². The van der Waals surface area contributed by atoms with Gasteiger partial charge < -0.3 is 15.4 Å². The minimum atomic E-state index is 0.493. The van der Waals surface area contributed by atoms with Crippen molar-refractivity contribution in [2.75, 3.05) is 40.3 Å². The van der Waals surface area contributed by atoms with Crippen molar-refractivity contribution in [3.05, 3.63) is 52.2 Å². The fraction of sp³-hybridized carbons (Fsp3) is 0.522. The first-order valence-corrected chi connectivity index (χ1v) is 11.5. The Bertz CT molecular complexity index is 762. The fourth-order valence-corrected chi connectivity index (χ4v) is 5.14. The first kappa shape index (κ1) is 21.7. The van der Waals surface area contributed by atoms with Crippen LogP contribution in [0, 0.1) is 5.92 Å². The van der Waals surface area contributed by atoms with Gasteiger partial charge in [-0.25, -0.2) is 0 Å². The Labute approximate surface area is 179 Å². The molecular formula is C23H34N4OS. The lowest BCUT2D eigenvalue weighted by molar-refractivity contribution is 0.125. The molecule has 0 aliphatic carbocycles. The molecule has 2 N–H and O–H groups in total. The average Bonchev–Trinajstić information content (AvgIpc) is 3.26. The van der Waals surface area contributed by atoms with Gasteiger partial charge in [0, 0.05) is 31.1 Å². The van der Waals surface area contributed by atoms with E-state index in [1.807, 2.05) is 37.4 Å². The SMILES string of the molecule is CCOc1ccccc1CCNC(=NC)NCC1CCCN(C)C1c1cccs1. The quantitative estimate of drug-likeness (QED) is 0.507. The highest BCUT2D eigenvalue weighted by Crippen LogP contribution is 2.36. The van der Waals surface area contributed by atoms with Crippen LogP contribution in [-0.2, 0) is 6.42 Å². The smallest absolute Gasteiger partial charge is 0.190 e. The molecular weight excluding hydrogens is 380 g/mol. The van der Waals surface area contributed by atoms with Crippen LogP contribution in [0.25, 0.3) is 0 Å². The molecule has 2 aromatic rings. The molecule has 1 aliphatic heterocycles. The third kappa shape index (κ3) is 5.97. The van der Waals surface area contributed by atoms with Crippen LogP contribution in [0.5, 0.6) is 5.75 Å². The number of rotatable bonds is 8. The third-order valence-corrected chi connectivity index (χ3v) is 6.50. The number of guanidine groups is 1. The van der Waals surface area contributed by atoms with E-state index in [4.69, 9.17) is 4.74 Å². The molecule has 0 bridgehead atoms. The Morgan fingerprint density at radius 3 is 2.86 bits per heavy atom.